The summed E-state index contributed by atoms with van der Waals surface area (Å²) in [7, 11) is 0. The van der Waals surface area contributed by atoms with E-state index in [1.54, 1.807) is 24.3 Å². The van der Waals surface area contributed by atoms with E-state index >= 15 is 0 Å². The number of hydrogen-bond acceptors (Lipinski definition) is 5. The van der Waals surface area contributed by atoms with Crippen molar-refractivity contribution in [3.63, 3.8) is 0 Å². The molecule has 27 heavy (non-hydrogen) atoms. The fraction of sp³-hybridized carbons (Fsp3) is 0.474. The van der Waals surface area contributed by atoms with Gasteiger partial charge in [0.25, 0.3) is 0 Å². The summed E-state index contributed by atoms with van der Waals surface area (Å²) in [6.45, 7) is 5.98. The smallest absolute Gasteiger partial charge is 0.305 e. The molecule has 2 N–H and O–H groups in total. The fourth-order valence-corrected chi connectivity index (χ4v) is 2.58. The van der Waals surface area contributed by atoms with Crippen LogP contribution in [0.5, 0.6) is 0 Å². The minimum absolute atomic E-state index is 0.193. The van der Waals surface area contributed by atoms with Gasteiger partial charge >= 0.3 is 5.97 Å². The molecule has 0 saturated heterocycles. The quantitative estimate of drug-likeness (QED) is 0.708. The number of carboxylic acid groups (broad SMARTS) is 1. The number of hydrogen-bond donors (Lipinski definition) is 2. The summed E-state index contributed by atoms with van der Waals surface area (Å²) in [4.78, 5) is 27.7. The molecule has 0 fully saturated rings. The van der Waals surface area contributed by atoms with Crippen LogP contribution in [0.4, 0.5) is 0 Å². The molecule has 0 radical (unpaired) electrons. The number of aryl methyl sites for hydroxylation is 1. The first-order valence-corrected chi connectivity index (χ1v) is 9.12. The highest BCUT2D eigenvalue weighted by molar-refractivity contribution is 6.30. The predicted molar refractivity (Wildman–Crippen MR) is 101 cm³/mol. The third kappa shape index (κ3) is 6.67. The number of benzene rings is 1. The number of nitrogens with zero attached hydrogens (tertiary/aromatic N) is 2. The number of aliphatic carboxylic acids is 1. The molecule has 1 heterocycles. The lowest BCUT2D eigenvalue weighted by atomic mass is 9.96. The van der Waals surface area contributed by atoms with Gasteiger partial charge < -0.3 is 14.9 Å². The second kappa shape index (κ2) is 8.99. The molecule has 0 saturated carbocycles. The molecule has 0 aliphatic carbocycles. The Morgan fingerprint density at radius 2 is 1.93 bits per heavy atom. The molecule has 0 aliphatic rings. The van der Waals surface area contributed by atoms with Crippen LogP contribution in [0.25, 0.3) is 0 Å². The van der Waals surface area contributed by atoms with Crippen molar-refractivity contribution in [2.75, 3.05) is 0 Å². The SMILES string of the molecule is CC(C)(C)c1noc(CCCC(=O)N[C@@H](CC(=O)O)c2ccc(Cl)cc2)n1. The Labute approximate surface area is 163 Å². The van der Waals surface area contributed by atoms with Crippen LogP contribution in [-0.4, -0.2) is 27.1 Å². The molecule has 1 atom stereocenters. The largest absolute Gasteiger partial charge is 0.481 e. The minimum atomic E-state index is -0.990. The number of carbonyl (C=O) groups excluding carboxylic acids is 1. The Bertz CT molecular complexity index is 781. The number of carboxylic acids is 1. The second-order valence-corrected chi connectivity index (χ2v) is 7.82. The molecule has 1 aromatic heterocycles. The van der Waals surface area contributed by atoms with Crippen molar-refractivity contribution in [1.82, 2.24) is 15.5 Å². The van der Waals surface area contributed by atoms with E-state index in [0.29, 0.717) is 35.1 Å². The van der Waals surface area contributed by atoms with Gasteiger partial charge in [-0.1, -0.05) is 49.7 Å². The van der Waals surface area contributed by atoms with Crippen LogP contribution < -0.4 is 5.32 Å². The van der Waals surface area contributed by atoms with Gasteiger partial charge in [0.05, 0.1) is 12.5 Å². The highest BCUT2D eigenvalue weighted by atomic mass is 35.5. The maximum atomic E-state index is 12.2. The molecule has 0 aliphatic heterocycles. The van der Waals surface area contributed by atoms with E-state index in [1.165, 1.54) is 0 Å². The molecule has 146 valence electrons. The molecule has 8 heteroatoms. The van der Waals surface area contributed by atoms with E-state index in [9.17, 15) is 9.59 Å². The van der Waals surface area contributed by atoms with Crippen molar-refractivity contribution in [1.29, 1.82) is 0 Å². The Morgan fingerprint density at radius 1 is 1.26 bits per heavy atom. The van der Waals surface area contributed by atoms with Crippen molar-refractivity contribution < 1.29 is 19.2 Å². The van der Waals surface area contributed by atoms with Gasteiger partial charge in [-0.15, -0.1) is 0 Å². The van der Waals surface area contributed by atoms with Gasteiger partial charge in [0.2, 0.25) is 11.8 Å². The number of aromatic nitrogens is 2. The van der Waals surface area contributed by atoms with E-state index in [-0.39, 0.29) is 24.2 Å². The first-order chi connectivity index (χ1) is 12.6. The molecule has 0 spiro atoms. The summed E-state index contributed by atoms with van der Waals surface area (Å²) < 4.78 is 5.20. The third-order valence-corrected chi connectivity index (χ3v) is 4.17. The molecule has 1 aromatic carbocycles. The van der Waals surface area contributed by atoms with Crippen LogP contribution in [0.15, 0.2) is 28.8 Å². The monoisotopic (exact) mass is 393 g/mol. The summed E-state index contributed by atoms with van der Waals surface area (Å²) in [5, 5.41) is 16.4. The summed E-state index contributed by atoms with van der Waals surface area (Å²) in [5.41, 5.74) is 0.503. The Morgan fingerprint density at radius 3 is 2.48 bits per heavy atom. The van der Waals surface area contributed by atoms with Crippen molar-refractivity contribution in [2.24, 2.45) is 0 Å². The van der Waals surface area contributed by atoms with E-state index in [1.807, 2.05) is 20.8 Å². The molecule has 7 nitrogen and oxygen atoms in total. The topological polar surface area (TPSA) is 105 Å². The number of amides is 1. The van der Waals surface area contributed by atoms with Gasteiger partial charge in [-0.05, 0) is 24.1 Å². The lowest BCUT2D eigenvalue weighted by molar-refractivity contribution is -0.137. The zero-order valence-electron chi connectivity index (χ0n) is 15.7. The number of nitrogens with one attached hydrogen (secondary N) is 1. The normalized spacial score (nSPS) is 12.6. The van der Waals surface area contributed by atoms with Crippen LogP contribution in [-0.2, 0) is 21.4 Å². The van der Waals surface area contributed by atoms with Gasteiger partial charge in [0.1, 0.15) is 0 Å². The van der Waals surface area contributed by atoms with E-state index in [0.717, 1.165) is 0 Å². The van der Waals surface area contributed by atoms with Crippen LogP contribution in [0.1, 0.15) is 63.4 Å². The minimum Gasteiger partial charge on any atom is -0.481 e. The summed E-state index contributed by atoms with van der Waals surface area (Å²) >= 11 is 5.86. The Kier molecular flexibility index (Phi) is 6.96. The van der Waals surface area contributed by atoms with Crippen LogP contribution >= 0.6 is 11.6 Å². The van der Waals surface area contributed by atoms with Gasteiger partial charge in [0, 0.05) is 23.3 Å². The maximum Gasteiger partial charge on any atom is 0.305 e. The zero-order chi connectivity index (χ0) is 20.0. The highest BCUT2D eigenvalue weighted by Crippen LogP contribution is 2.21. The summed E-state index contributed by atoms with van der Waals surface area (Å²) in [6.07, 6.45) is 1.04. The third-order valence-electron chi connectivity index (χ3n) is 3.92. The average Bonchev–Trinajstić information content (AvgIpc) is 3.04. The molecule has 0 unspecified atom stereocenters. The zero-order valence-corrected chi connectivity index (χ0v) is 16.4. The van der Waals surface area contributed by atoms with Crippen LogP contribution in [0, 0.1) is 0 Å². The number of carbonyl (C=O) groups is 2. The lowest BCUT2D eigenvalue weighted by Crippen LogP contribution is -2.30. The maximum absolute atomic E-state index is 12.2. The highest BCUT2D eigenvalue weighted by Gasteiger charge is 2.21. The number of halogens is 1. The van der Waals surface area contributed by atoms with Crippen molar-refractivity contribution in [3.8, 4) is 0 Å². The Hall–Kier alpha value is -2.41. The first-order valence-electron chi connectivity index (χ1n) is 8.75. The second-order valence-electron chi connectivity index (χ2n) is 7.38. The molecule has 2 rings (SSSR count). The predicted octanol–water partition coefficient (Wildman–Crippen LogP) is 3.68. The Balaban J connectivity index is 1.89. The van der Waals surface area contributed by atoms with Gasteiger partial charge in [-0.2, -0.15) is 4.98 Å². The lowest BCUT2D eigenvalue weighted by Gasteiger charge is -2.17. The van der Waals surface area contributed by atoms with Gasteiger partial charge in [-0.3, -0.25) is 9.59 Å². The summed E-state index contributed by atoms with van der Waals surface area (Å²) in [5.74, 6) is -0.0960. The average molecular weight is 394 g/mol. The standard InChI is InChI=1S/C19H24ClN3O4/c1-19(2,3)18-22-16(27-23-18)6-4-5-15(24)21-14(11-17(25)26)12-7-9-13(20)10-8-12/h7-10,14H,4-6,11H2,1-3H3,(H,21,24)(H,25,26)/t14-/m0/s1. The summed E-state index contributed by atoms with van der Waals surface area (Å²) in [6, 6.07) is 6.15. The van der Waals surface area contributed by atoms with Gasteiger partial charge in [-0.25, -0.2) is 0 Å². The molecule has 1 amide bonds. The molecule has 2 aromatic rings. The van der Waals surface area contributed by atoms with Crippen LogP contribution in [0.2, 0.25) is 5.02 Å². The van der Waals surface area contributed by atoms with E-state index < -0.39 is 12.0 Å². The van der Waals surface area contributed by atoms with Crippen molar-refractivity contribution in [2.45, 2.75) is 57.9 Å². The van der Waals surface area contributed by atoms with Crippen molar-refractivity contribution in [3.05, 3.63) is 46.6 Å². The molecule has 0 bridgehead atoms. The number of rotatable bonds is 8. The van der Waals surface area contributed by atoms with E-state index in [4.69, 9.17) is 21.2 Å². The first kappa shape index (κ1) is 20.9. The van der Waals surface area contributed by atoms with E-state index in [2.05, 4.69) is 15.5 Å². The molecular formula is C19H24ClN3O4. The van der Waals surface area contributed by atoms with Gasteiger partial charge in [0.15, 0.2) is 5.82 Å². The van der Waals surface area contributed by atoms with Crippen LogP contribution in [0.3, 0.4) is 0 Å². The fourth-order valence-electron chi connectivity index (χ4n) is 2.45. The molecular weight excluding hydrogens is 370 g/mol. The van der Waals surface area contributed by atoms with Crippen molar-refractivity contribution >= 4 is 23.5 Å².